The normalized spacial score (nSPS) is 20.2. The van der Waals surface area contributed by atoms with Crippen LogP contribution in [0.3, 0.4) is 0 Å². The van der Waals surface area contributed by atoms with Crippen molar-refractivity contribution in [3.05, 3.63) is 35.4 Å². The monoisotopic (exact) mass is 267 g/mol. The van der Waals surface area contributed by atoms with Crippen molar-refractivity contribution in [3.8, 4) is 0 Å². The van der Waals surface area contributed by atoms with E-state index in [2.05, 4.69) is 12.2 Å². The lowest BCUT2D eigenvalue weighted by Gasteiger charge is -2.31. The molecule has 0 radical (unpaired) electrons. The Morgan fingerprint density at radius 1 is 1.11 bits per heavy atom. The van der Waals surface area contributed by atoms with Gasteiger partial charge < -0.3 is 5.32 Å². The van der Waals surface area contributed by atoms with Gasteiger partial charge in [0.2, 0.25) is 0 Å². The highest BCUT2D eigenvalue weighted by molar-refractivity contribution is 5.21. The largest absolute Gasteiger partial charge is 0.307 e. The minimum absolute atomic E-state index is 0.160. The Morgan fingerprint density at radius 3 is 2.47 bits per heavy atom. The zero-order chi connectivity index (χ0) is 13.8. The van der Waals surface area contributed by atoms with Crippen LogP contribution in [0.4, 0.5) is 8.78 Å². The molecule has 1 nitrogen and oxygen atoms in total. The lowest BCUT2D eigenvalue weighted by atomic mass is 9.84. The third kappa shape index (κ3) is 3.75. The molecule has 106 valence electrons. The maximum atomic E-state index is 13.7. The fourth-order valence-electron chi connectivity index (χ4n) is 3.10. The maximum absolute atomic E-state index is 13.7. The molecule has 1 saturated carbocycles. The summed E-state index contributed by atoms with van der Waals surface area (Å²) in [6.45, 7) is 4.06. The summed E-state index contributed by atoms with van der Waals surface area (Å²) in [5, 5.41) is 3.43. The van der Waals surface area contributed by atoms with Crippen molar-refractivity contribution in [2.24, 2.45) is 5.92 Å². The Kier molecular flexibility index (Phi) is 4.92. The topological polar surface area (TPSA) is 12.0 Å². The Hall–Kier alpha value is -0.960. The Labute approximate surface area is 114 Å². The van der Waals surface area contributed by atoms with Gasteiger partial charge in [-0.25, -0.2) is 8.78 Å². The highest BCUT2D eigenvalue weighted by Crippen LogP contribution is 2.28. The van der Waals surface area contributed by atoms with E-state index in [4.69, 9.17) is 0 Å². The zero-order valence-electron chi connectivity index (χ0n) is 11.8. The van der Waals surface area contributed by atoms with Gasteiger partial charge in [0, 0.05) is 17.6 Å². The van der Waals surface area contributed by atoms with Crippen molar-refractivity contribution in [2.45, 2.75) is 58.0 Å². The first-order valence-corrected chi connectivity index (χ1v) is 7.29. The molecule has 1 N–H and O–H groups in total. The molecule has 1 unspecified atom stereocenters. The first-order valence-electron chi connectivity index (χ1n) is 7.29. The predicted octanol–water partition coefficient (Wildman–Crippen LogP) is 4.58. The van der Waals surface area contributed by atoms with E-state index in [1.54, 1.807) is 0 Å². The van der Waals surface area contributed by atoms with Crippen molar-refractivity contribution < 1.29 is 8.78 Å². The van der Waals surface area contributed by atoms with Crippen LogP contribution in [0.5, 0.6) is 0 Å². The van der Waals surface area contributed by atoms with Gasteiger partial charge in [0.1, 0.15) is 11.6 Å². The predicted molar refractivity (Wildman–Crippen MR) is 73.9 cm³/mol. The molecule has 1 aromatic carbocycles. The van der Waals surface area contributed by atoms with Crippen LogP contribution in [0.1, 0.15) is 57.6 Å². The minimum Gasteiger partial charge on any atom is -0.307 e. The van der Waals surface area contributed by atoms with E-state index in [9.17, 15) is 8.78 Å². The van der Waals surface area contributed by atoms with Gasteiger partial charge in [0.25, 0.3) is 0 Å². The molecule has 19 heavy (non-hydrogen) atoms. The van der Waals surface area contributed by atoms with Gasteiger partial charge in [-0.1, -0.05) is 19.3 Å². The summed E-state index contributed by atoms with van der Waals surface area (Å²) >= 11 is 0. The van der Waals surface area contributed by atoms with Gasteiger partial charge in [-0.05, 0) is 50.8 Å². The number of hydrogen-bond acceptors (Lipinski definition) is 1. The SMILES string of the molecule is CC(N[C@@H](C)C1CCCCC1)c1cc(F)ccc1F. The van der Waals surface area contributed by atoms with Crippen molar-refractivity contribution in [1.82, 2.24) is 5.32 Å². The molecule has 0 saturated heterocycles. The number of hydrogen-bond donors (Lipinski definition) is 1. The molecule has 0 spiro atoms. The third-order valence-electron chi connectivity index (χ3n) is 4.29. The lowest BCUT2D eigenvalue weighted by Crippen LogP contribution is -2.36. The van der Waals surface area contributed by atoms with E-state index in [0.29, 0.717) is 17.5 Å². The molecule has 1 aliphatic carbocycles. The fraction of sp³-hybridized carbons (Fsp3) is 0.625. The average Bonchev–Trinajstić information content (AvgIpc) is 2.42. The summed E-state index contributed by atoms with van der Waals surface area (Å²) in [5.74, 6) is -0.0552. The van der Waals surface area contributed by atoms with Gasteiger partial charge in [-0.2, -0.15) is 0 Å². The van der Waals surface area contributed by atoms with Gasteiger partial charge in [0.15, 0.2) is 0 Å². The second-order valence-electron chi connectivity index (χ2n) is 5.74. The molecule has 2 atom stereocenters. The van der Waals surface area contributed by atoms with Crippen molar-refractivity contribution >= 4 is 0 Å². The molecule has 0 amide bonds. The van der Waals surface area contributed by atoms with E-state index >= 15 is 0 Å². The molecular weight excluding hydrogens is 244 g/mol. The van der Waals surface area contributed by atoms with Gasteiger partial charge in [0.05, 0.1) is 0 Å². The molecule has 0 heterocycles. The molecule has 1 fully saturated rings. The number of rotatable bonds is 4. The summed E-state index contributed by atoms with van der Waals surface area (Å²) < 4.78 is 26.9. The highest BCUT2D eigenvalue weighted by Gasteiger charge is 2.22. The first-order chi connectivity index (χ1) is 9.08. The van der Waals surface area contributed by atoms with Crippen LogP contribution >= 0.6 is 0 Å². The van der Waals surface area contributed by atoms with Crippen molar-refractivity contribution in [1.29, 1.82) is 0 Å². The molecule has 1 aromatic rings. The summed E-state index contributed by atoms with van der Waals surface area (Å²) in [4.78, 5) is 0. The highest BCUT2D eigenvalue weighted by atomic mass is 19.1. The molecule has 0 aliphatic heterocycles. The van der Waals surface area contributed by atoms with Crippen LogP contribution < -0.4 is 5.32 Å². The Bertz CT molecular complexity index is 413. The fourth-order valence-corrected chi connectivity index (χ4v) is 3.10. The summed E-state index contributed by atoms with van der Waals surface area (Å²) in [6.07, 6.45) is 6.40. The Morgan fingerprint density at radius 2 is 1.79 bits per heavy atom. The standard InChI is InChI=1S/C16H23F2N/c1-11(13-6-4-3-5-7-13)19-12(2)15-10-14(17)8-9-16(15)18/h8-13,19H,3-7H2,1-2H3/t11-,12?/m0/s1. The van der Waals surface area contributed by atoms with E-state index in [1.807, 2.05) is 6.92 Å². The smallest absolute Gasteiger partial charge is 0.128 e. The molecular formula is C16H23F2N. The Balaban J connectivity index is 1.99. The summed E-state index contributed by atoms with van der Waals surface area (Å²) in [7, 11) is 0. The van der Waals surface area contributed by atoms with Crippen molar-refractivity contribution in [3.63, 3.8) is 0 Å². The molecule has 3 heteroatoms. The summed E-state index contributed by atoms with van der Waals surface area (Å²) in [6, 6.07) is 3.84. The zero-order valence-corrected chi connectivity index (χ0v) is 11.8. The molecule has 2 rings (SSSR count). The first kappa shape index (κ1) is 14.4. The number of halogens is 2. The van der Waals surface area contributed by atoms with Crippen LogP contribution in [-0.4, -0.2) is 6.04 Å². The van der Waals surface area contributed by atoms with Crippen LogP contribution in [0.25, 0.3) is 0 Å². The van der Waals surface area contributed by atoms with Crippen LogP contribution in [0.15, 0.2) is 18.2 Å². The van der Waals surface area contributed by atoms with E-state index in [-0.39, 0.29) is 17.7 Å². The quantitative estimate of drug-likeness (QED) is 0.841. The maximum Gasteiger partial charge on any atom is 0.128 e. The van der Waals surface area contributed by atoms with Crippen LogP contribution in [-0.2, 0) is 0 Å². The van der Waals surface area contributed by atoms with Crippen LogP contribution in [0.2, 0.25) is 0 Å². The van der Waals surface area contributed by atoms with Gasteiger partial charge >= 0.3 is 0 Å². The number of nitrogens with one attached hydrogen (secondary N) is 1. The third-order valence-corrected chi connectivity index (χ3v) is 4.29. The van der Waals surface area contributed by atoms with E-state index < -0.39 is 0 Å². The average molecular weight is 267 g/mol. The van der Waals surface area contributed by atoms with Gasteiger partial charge in [-0.3, -0.25) is 0 Å². The minimum atomic E-state index is -0.379. The molecule has 1 aliphatic rings. The summed E-state index contributed by atoms with van der Waals surface area (Å²) in [5.41, 5.74) is 0.419. The second kappa shape index (κ2) is 6.47. The van der Waals surface area contributed by atoms with E-state index in [1.165, 1.54) is 44.2 Å². The lowest BCUT2D eigenvalue weighted by molar-refractivity contribution is 0.267. The number of benzene rings is 1. The van der Waals surface area contributed by atoms with Gasteiger partial charge in [-0.15, -0.1) is 0 Å². The van der Waals surface area contributed by atoms with E-state index in [0.717, 1.165) is 6.07 Å². The van der Waals surface area contributed by atoms with Crippen LogP contribution in [0, 0.1) is 17.6 Å². The molecule has 0 bridgehead atoms. The van der Waals surface area contributed by atoms with Crippen molar-refractivity contribution in [2.75, 3.05) is 0 Å². The molecule has 0 aromatic heterocycles. The second-order valence-corrected chi connectivity index (χ2v) is 5.74.